The highest BCUT2D eigenvalue weighted by molar-refractivity contribution is 6.02. The lowest BCUT2D eigenvalue weighted by atomic mass is 9.84. The Morgan fingerprint density at radius 1 is 1.05 bits per heavy atom. The monoisotopic (exact) mass is 564 g/mol. The molecule has 1 aliphatic carbocycles. The van der Waals surface area contributed by atoms with Crippen molar-refractivity contribution < 1.29 is 19.4 Å². The van der Waals surface area contributed by atoms with Crippen molar-refractivity contribution >= 4 is 11.9 Å². The third kappa shape index (κ3) is 10.3. The summed E-state index contributed by atoms with van der Waals surface area (Å²) in [4.78, 5) is 27.6. The molecule has 0 aromatic heterocycles. The van der Waals surface area contributed by atoms with E-state index in [2.05, 4.69) is 37.2 Å². The van der Waals surface area contributed by atoms with Crippen molar-refractivity contribution in [3.05, 3.63) is 59.2 Å². The highest BCUT2D eigenvalue weighted by Crippen LogP contribution is 2.31. The summed E-state index contributed by atoms with van der Waals surface area (Å²) in [6.07, 6.45) is 9.94. The van der Waals surface area contributed by atoms with Gasteiger partial charge in [-0.1, -0.05) is 89.6 Å². The fourth-order valence-corrected chi connectivity index (χ4v) is 5.91. The lowest BCUT2D eigenvalue weighted by molar-refractivity contribution is -0.139. The van der Waals surface area contributed by atoms with Gasteiger partial charge in [-0.25, -0.2) is 4.79 Å². The molecule has 2 aromatic carbocycles. The molecule has 0 spiro atoms. The summed E-state index contributed by atoms with van der Waals surface area (Å²) in [6.45, 7) is 10.7. The van der Waals surface area contributed by atoms with Gasteiger partial charge in [-0.3, -0.25) is 9.69 Å². The zero-order valence-corrected chi connectivity index (χ0v) is 26.0. The predicted molar refractivity (Wildman–Crippen MR) is 167 cm³/mol. The van der Waals surface area contributed by atoms with Gasteiger partial charge in [0.2, 0.25) is 0 Å². The second kappa shape index (κ2) is 16.7. The molecule has 41 heavy (non-hydrogen) atoms. The third-order valence-corrected chi connectivity index (χ3v) is 8.48. The second-order valence-corrected chi connectivity index (χ2v) is 12.4. The number of hydrogen-bond acceptors (Lipinski definition) is 4. The van der Waals surface area contributed by atoms with Crippen LogP contribution in [0, 0.1) is 18.8 Å². The van der Waals surface area contributed by atoms with Gasteiger partial charge in [-0.05, 0) is 79.5 Å². The average Bonchev–Trinajstić information content (AvgIpc) is 2.95. The Morgan fingerprint density at radius 3 is 2.44 bits per heavy atom. The van der Waals surface area contributed by atoms with E-state index in [4.69, 9.17) is 4.74 Å². The number of benzene rings is 2. The first-order chi connectivity index (χ1) is 19.7. The van der Waals surface area contributed by atoms with Gasteiger partial charge in [-0.2, -0.15) is 0 Å². The van der Waals surface area contributed by atoms with Crippen molar-refractivity contribution in [2.45, 2.75) is 104 Å². The van der Waals surface area contributed by atoms with E-state index in [0.29, 0.717) is 30.4 Å². The largest absolute Gasteiger partial charge is 0.480 e. The molecule has 0 aliphatic heterocycles. The number of nitrogens with zero attached hydrogens (tertiary/aromatic N) is 1. The zero-order chi connectivity index (χ0) is 29.8. The second-order valence-electron chi connectivity index (χ2n) is 12.4. The number of carboxylic acid groups (broad SMARTS) is 1. The fraction of sp³-hybridized carbons (Fsp3) is 0.600. The molecule has 0 radical (unpaired) electrons. The fourth-order valence-electron chi connectivity index (χ4n) is 5.91. The topological polar surface area (TPSA) is 78.9 Å². The molecule has 2 aromatic rings. The van der Waals surface area contributed by atoms with Crippen LogP contribution in [-0.2, 0) is 16.1 Å². The van der Waals surface area contributed by atoms with Crippen LogP contribution in [0.25, 0.3) is 11.1 Å². The Morgan fingerprint density at radius 2 is 1.78 bits per heavy atom. The van der Waals surface area contributed by atoms with Crippen LogP contribution in [0.5, 0.6) is 0 Å². The first kappa shape index (κ1) is 32.8. The van der Waals surface area contributed by atoms with E-state index in [1.807, 2.05) is 50.2 Å². The number of aryl methyl sites for hydroxylation is 1. The molecule has 1 aliphatic rings. The molecule has 0 saturated heterocycles. The molecular weight excluding hydrogens is 512 g/mol. The first-order valence-electron chi connectivity index (χ1n) is 15.7. The van der Waals surface area contributed by atoms with Crippen molar-refractivity contribution in [3.8, 4) is 11.1 Å². The number of amides is 1. The van der Waals surface area contributed by atoms with Crippen molar-refractivity contribution in [2.24, 2.45) is 11.8 Å². The van der Waals surface area contributed by atoms with Crippen LogP contribution < -0.4 is 5.32 Å². The number of carboxylic acids is 1. The van der Waals surface area contributed by atoms with Crippen LogP contribution in [0.3, 0.4) is 0 Å². The number of ether oxygens (including phenoxy) is 1. The number of nitrogens with one attached hydrogen (secondary N) is 1. The summed E-state index contributed by atoms with van der Waals surface area (Å²) in [7, 11) is 2.19. The normalized spacial score (nSPS) is 15.7. The molecule has 1 fully saturated rings. The maximum atomic E-state index is 13.4. The van der Waals surface area contributed by atoms with Crippen LogP contribution in [0.1, 0.15) is 100 Å². The Labute approximate surface area is 247 Å². The number of hydrogen-bond donors (Lipinski definition) is 2. The molecule has 3 rings (SSSR count). The number of rotatable bonds is 16. The van der Waals surface area contributed by atoms with Crippen LogP contribution >= 0.6 is 0 Å². The molecule has 2 atom stereocenters. The Balaban J connectivity index is 1.85. The number of likely N-dealkylation sites (N-methyl/N-ethyl adjacent to an activating group) is 1. The standard InChI is InChI=1S/C35H52N2O4/c1-6-12-33(35(39)40)36-34(38)31-18-17-28(22-32(31)30-16-11-10-13-26(30)4)23-37(5)29(24-41-20-19-25(2)3)21-27-14-8-7-9-15-27/h10-11,13,16-18,22,25,27,29,33H,6-9,12,14-15,19-21,23-24H2,1-5H3,(H,36,38)(H,39,40). The van der Waals surface area contributed by atoms with Gasteiger partial charge < -0.3 is 15.2 Å². The van der Waals surface area contributed by atoms with Crippen molar-refractivity contribution in [3.63, 3.8) is 0 Å². The van der Waals surface area contributed by atoms with E-state index in [0.717, 1.165) is 60.8 Å². The molecule has 6 heteroatoms. The molecule has 226 valence electrons. The van der Waals surface area contributed by atoms with Crippen LogP contribution in [0.15, 0.2) is 42.5 Å². The number of carbonyl (C=O) groups excluding carboxylic acids is 1. The highest BCUT2D eigenvalue weighted by Gasteiger charge is 2.25. The summed E-state index contributed by atoms with van der Waals surface area (Å²) in [5.74, 6) is 0.0323. The lowest BCUT2D eigenvalue weighted by Gasteiger charge is -2.33. The quantitative estimate of drug-likeness (QED) is 0.207. The minimum Gasteiger partial charge on any atom is -0.480 e. The summed E-state index contributed by atoms with van der Waals surface area (Å²) in [5.41, 5.74) is 4.53. The van der Waals surface area contributed by atoms with Gasteiger partial charge in [0.1, 0.15) is 6.04 Å². The maximum Gasteiger partial charge on any atom is 0.326 e. The van der Waals surface area contributed by atoms with Gasteiger partial charge in [0.25, 0.3) is 5.91 Å². The minimum absolute atomic E-state index is 0.334. The molecule has 1 amide bonds. The smallest absolute Gasteiger partial charge is 0.326 e. The SMILES string of the molecule is CCCC(NC(=O)c1ccc(CN(C)C(COCCC(C)C)CC2CCCCC2)cc1-c1ccccc1C)C(=O)O. The zero-order valence-electron chi connectivity index (χ0n) is 26.0. The van der Waals surface area contributed by atoms with E-state index in [1.54, 1.807) is 0 Å². The van der Waals surface area contributed by atoms with Gasteiger partial charge >= 0.3 is 5.97 Å². The van der Waals surface area contributed by atoms with Crippen LogP contribution in [-0.4, -0.2) is 54.2 Å². The van der Waals surface area contributed by atoms with Crippen LogP contribution in [0.2, 0.25) is 0 Å². The third-order valence-electron chi connectivity index (χ3n) is 8.48. The van der Waals surface area contributed by atoms with E-state index in [-0.39, 0.29) is 5.91 Å². The Bertz CT molecular complexity index is 1110. The average molecular weight is 565 g/mol. The summed E-state index contributed by atoms with van der Waals surface area (Å²) >= 11 is 0. The Kier molecular flexibility index (Phi) is 13.3. The van der Waals surface area contributed by atoms with Gasteiger partial charge in [0, 0.05) is 24.8 Å². The van der Waals surface area contributed by atoms with Crippen molar-refractivity contribution in [1.29, 1.82) is 0 Å². The number of carbonyl (C=O) groups is 2. The van der Waals surface area contributed by atoms with Gasteiger partial charge in [0.05, 0.1) is 6.61 Å². The van der Waals surface area contributed by atoms with E-state index in [9.17, 15) is 14.7 Å². The Hall–Kier alpha value is -2.70. The molecule has 6 nitrogen and oxygen atoms in total. The summed E-state index contributed by atoms with van der Waals surface area (Å²) < 4.78 is 6.20. The first-order valence-corrected chi connectivity index (χ1v) is 15.7. The summed E-state index contributed by atoms with van der Waals surface area (Å²) in [6, 6.07) is 13.5. The van der Waals surface area contributed by atoms with Crippen molar-refractivity contribution in [2.75, 3.05) is 20.3 Å². The molecular formula is C35H52N2O4. The van der Waals surface area contributed by atoms with Crippen LogP contribution in [0.4, 0.5) is 0 Å². The van der Waals surface area contributed by atoms with E-state index >= 15 is 0 Å². The minimum atomic E-state index is -1.00. The molecule has 0 heterocycles. The van der Waals surface area contributed by atoms with E-state index in [1.165, 1.54) is 32.1 Å². The molecule has 2 N–H and O–H groups in total. The highest BCUT2D eigenvalue weighted by atomic mass is 16.5. The molecule has 2 unspecified atom stereocenters. The lowest BCUT2D eigenvalue weighted by Crippen LogP contribution is -2.40. The molecule has 0 bridgehead atoms. The predicted octanol–water partition coefficient (Wildman–Crippen LogP) is 7.48. The summed E-state index contributed by atoms with van der Waals surface area (Å²) in [5, 5.41) is 12.4. The maximum absolute atomic E-state index is 13.4. The van der Waals surface area contributed by atoms with Crippen molar-refractivity contribution in [1.82, 2.24) is 10.2 Å². The number of aliphatic carboxylic acids is 1. The van der Waals surface area contributed by atoms with Gasteiger partial charge in [-0.15, -0.1) is 0 Å². The van der Waals surface area contributed by atoms with Gasteiger partial charge in [0.15, 0.2) is 0 Å². The van der Waals surface area contributed by atoms with E-state index < -0.39 is 12.0 Å². The molecule has 1 saturated carbocycles.